The maximum atomic E-state index is 11.1. The molecule has 0 aromatic carbocycles. The van der Waals surface area contributed by atoms with Crippen LogP contribution in [0, 0.1) is 5.92 Å². The summed E-state index contributed by atoms with van der Waals surface area (Å²) in [6.45, 7) is 6.66. The number of aliphatic hydroxyl groups excluding tert-OH is 17. The minimum Gasteiger partial charge on any atom is -0.396 e. The van der Waals surface area contributed by atoms with Gasteiger partial charge in [0.05, 0.1) is 61.5 Å². The lowest BCUT2D eigenvalue weighted by atomic mass is 9.87. The molecule has 2 fully saturated rings. The molecule has 388 valence electrons. The van der Waals surface area contributed by atoms with E-state index in [0.29, 0.717) is 31.3 Å². The summed E-state index contributed by atoms with van der Waals surface area (Å²) in [5, 5.41) is 177. The van der Waals surface area contributed by atoms with Gasteiger partial charge in [0.15, 0.2) is 0 Å². The molecule has 0 saturated carbocycles. The molecule has 2 saturated heterocycles. The van der Waals surface area contributed by atoms with E-state index in [1.807, 2.05) is 36.5 Å². The van der Waals surface area contributed by atoms with E-state index in [0.717, 1.165) is 0 Å². The lowest BCUT2D eigenvalue weighted by Crippen LogP contribution is -2.59. The van der Waals surface area contributed by atoms with Crippen molar-refractivity contribution < 1.29 is 96.3 Å². The predicted octanol–water partition coefficient (Wildman–Crippen LogP) is -2.04. The summed E-state index contributed by atoms with van der Waals surface area (Å²) in [6.07, 6.45) is -10.4. The van der Waals surface area contributed by atoms with Gasteiger partial charge < -0.3 is 96.3 Å². The van der Waals surface area contributed by atoms with E-state index < -0.39 is 116 Å². The van der Waals surface area contributed by atoms with E-state index in [1.165, 1.54) is 12.2 Å². The van der Waals surface area contributed by atoms with Crippen molar-refractivity contribution in [1.82, 2.24) is 0 Å². The Balaban J connectivity index is 1.90. The summed E-state index contributed by atoms with van der Waals surface area (Å²) in [4.78, 5) is 0. The summed E-state index contributed by atoms with van der Waals surface area (Å²) in [5.74, 6) is -0.389. The number of hydrogen-bond acceptors (Lipinski definition) is 19. The zero-order valence-electron chi connectivity index (χ0n) is 38.8. The van der Waals surface area contributed by atoms with Gasteiger partial charge in [0.2, 0.25) is 0 Å². The van der Waals surface area contributed by atoms with Crippen molar-refractivity contribution in [2.45, 2.75) is 207 Å². The van der Waals surface area contributed by atoms with Gasteiger partial charge in [-0.3, -0.25) is 0 Å². The molecule has 2 heterocycles. The number of unbranched alkanes of at least 4 members (excludes halogenated alkanes) is 1. The van der Waals surface area contributed by atoms with Crippen molar-refractivity contribution >= 4 is 0 Å². The van der Waals surface area contributed by atoms with Crippen LogP contribution in [0.15, 0.2) is 72.4 Å². The highest BCUT2D eigenvalue weighted by atomic mass is 16.6. The molecule has 19 nitrogen and oxygen atoms in total. The van der Waals surface area contributed by atoms with Gasteiger partial charge >= 0.3 is 0 Å². The standard InChI is InChI=1S/C48H82O19/c1-27(16-18-30(51)23-35(56)40(59)29(3)20-21-49)22-34(55)43(62)48-44(63)36(57)24-38(66-48)32(53)19-17-28(2)41(60)46(65)39-25-37(58)45(64)47(67-39)42(61)33(54)15-13-11-9-7-5-4-6-8-10-12-14-31(52)26-50/h4-8,10,13,15,22,29-65H,2,9,11-12,14,16-21,23-26H2,1,3H3/b6-4+,7-5+,10-8+,15-13+,27-22+/t29-,30-,31+,32+,33-,34+,35-,36-,37+,38-,39+,40+,41+,42-,43+,44-,45+,46-,47-,48+/m0/s1. The van der Waals surface area contributed by atoms with Gasteiger partial charge in [0.25, 0.3) is 0 Å². The Kier molecular flexibility index (Phi) is 28.9. The Morgan fingerprint density at radius 1 is 0.627 bits per heavy atom. The molecule has 0 unspecified atom stereocenters. The molecule has 0 aromatic rings. The number of aliphatic hydroxyl groups is 17. The molecular weight excluding hydrogens is 881 g/mol. The van der Waals surface area contributed by atoms with E-state index in [1.54, 1.807) is 19.9 Å². The molecule has 20 atom stereocenters. The second-order valence-corrected chi connectivity index (χ2v) is 18.2. The fourth-order valence-electron chi connectivity index (χ4n) is 7.96. The van der Waals surface area contributed by atoms with E-state index in [4.69, 9.17) is 19.7 Å². The smallest absolute Gasteiger partial charge is 0.115 e. The summed E-state index contributed by atoms with van der Waals surface area (Å²) in [7, 11) is 0. The maximum absolute atomic E-state index is 11.1. The Labute approximate surface area is 393 Å². The number of rotatable bonds is 31. The fourth-order valence-corrected chi connectivity index (χ4v) is 7.96. The van der Waals surface area contributed by atoms with Crippen LogP contribution >= 0.6 is 0 Å². The van der Waals surface area contributed by atoms with Crippen molar-refractivity contribution in [2.75, 3.05) is 13.2 Å². The fraction of sp³-hybridized carbons (Fsp3) is 0.750. The van der Waals surface area contributed by atoms with Gasteiger partial charge in [-0.05, 0) is 76.2 Å². The molecule has 2 rings (SSSR count). The van der Waals surface area contributed by atoms with Gasteiger partial charge in [0, 0.05) is 25.9 Å². The second kappa shape index (κ2) is 31.8. The third-order valence-electron chi connectivity index (χ3n) is 12.5. The molecule has 2 aliphatic rings. The molecule has 0 amide bonds. The van der Waals surface area contributed by atoms with E-state index in [9.17, 15) is 76.6 Å². The third-order valence-corrected chi connectivity index (χ3v) is 12.5. The number of ether oxygens (including phenoxy) is 2. The molecule has 0 radical (unpaired) electrons. The Hall–Kier alpha value is -2.32. The molecule has 0 bridgehead atoms. The van der Waals surface area contributed by atoms with E-state index in [-0.39, 0.29) is 76.1 Å². The van der Waals surface area contributed by atoms with Gasteiger partial charge in [-0.25, -0.2) is 0 Å². The first kappa shape index (κ1) is 60.8. The quantitative estimate of drug-likeness (QED) is 0.0202. The minimum atomic E-state index is -1.78. The van der Waals surface area contributed by atoms with Crippen LogP contribution in [-0.2, 0) is 9.47 Å². The van der Waals surface area contributed by atoms with Gasteiger partial charge in [-0.15, -0.1) is 0 Å². The van der Waals surface area contributed by atoms with Crippen molar-refractivity contribution in [2.24, 2.45) is 5.92 Å². The molecule has 2 aliphatic heterocycles. The Morgan fingerprint density at radius 2 is 1.18 bits per heavy atom. The monoisotopic (exact) mass is 963 g/mol. The largest absolute Gasteiger partial charge is 0.396 e. The Morgan fingerprint density at radius 3 is 1.78 bits per heavy atom. The Bertz CT molecular complexity index is 1520. The first-order chi connectivity index (χ1) is 31.6. The van der Waals surface area contributed by atoms with Crippen molar-refractivity contribution in [3.63, 3.8) is 0 Å². The average Bonchev–Trinajstić information content (AvgIpc) is 3.30. The molecule has 17 N–H and O–H groups in total. The van der Waals surface area contributed by atoms with Crippen LogP contribution in [-0.4, -0.2) is 216 Å². The van der Waals surface area contributed by atoms with Crippen LogP contribution in [0.25, 0.3) is 0 Å². The van der Waals surface area contributed by atoms with Crippen LogP contribution in [0.1, 0.15) is 90.9 Å². The molecule has 0 aliphatic carbocycles. The molecule has 19 heteroatoms. The zero-order chi connectivity index (χ0) is 50.4. The topological polar surface area (TPSA) is 362 Å². The molecule has 0 aromatic heterocycles. The lowest BCUT2D eigenvalue weighted by molar-refractivity contribution is -0.234. The average molecular weight is 963 g/mol. The third kappa shape index (κ3) is 20.9. The van der Waals surface area contributed by atoms with E-state index >= 15 is 0 Å². The first-order valence-electron chi connectivity index (χ1n) is 23.4. The van der Waals surface area contributed by atoms with Crippen LogP contribution in [0.2, 0.25) is 0 Å². The van der Waals surface area contributed by atoms with Crippen molar-refractivity contribution in [1.29, 1.82) is 0 Å². The van der Waals surface area contributed by atoms with Crippen molar-refractivity contribution in [3.8, 4) is 0 Å². The molecule has 67 heavy (non-hydrogen) atoms. The normalized spacial score (nSPS) is 30.0. The summed E-state index contributed by atoms with van der Waals surface area (Å²) < 4.78 is 11.5. The highest BCUT2D eigenvalue weighted by Crippen LogP contribution is 2.31. The predicted molar refractivity (Wildman–Crippen MR) is 246 cm³/mol. The summed E-state index contributed by atoms with van der Waals surface area (Å²) >= 11 is 0. The van der Waals surface area contributed by atoms with E-state index in [2.05, 4.69) is 6.58 Å². The van der Waals surface area contributed by atoms with Crippen LogP contribution in [0.4, 0.5) is 0 Å². The van der Waals surface area contributed by atoms with Gasteiger partial charge in [0.1, 0.15) is 61.0 Å². The van der Waals surface area contributed by atoms with Gasteiger partial charge in [-0.1, -0.05) is 73.8 Å². The second-order valence-electron chi connectivity index (χ2n) is 18.2. The minimum absolute atomic E-state index is 0.0166. The highest BCUT2D eigenvalue weighted by Gasteiger charge is 2.47. The SMILES string of the molecule is C=C(CC[C@@H](O)[C@@H]1C[C@H](O)[C@H](O)[C@@H]([C@H](O)[C@H](O)/C=C(\C)CC[C@H](O)C[C@H](O)[C@H](O)[C@@H](C)CCO)O1)[C@@H](O)[C@@H](O)[C@H]1C[C@@H](O)[C@@H](O)[C@H]([C@@H](O)[C@@H](O)/C=C/CC/C=C/C=C/C=C/CC[C@@H](O)CO)O1. The maximum Gasteiger partial charge on any atom is 0.115 e. The number of hydrogen-bond donors (Lipinski definition) is 17. The van der Waals surface area contributed by atoms with Crippen molar-refractivity contribution in [3.05, 3.63) is 72.4 Å². The number of allylic oxidation sites excluding steroid dienone is 8. The summed E-state index contributed by atoms with van der Waals surface area (Å²) in [6, 6.07) is 0. The molecule has 0 spiro atoms. The summed E-state index contributed by atoms with van der Waals surface area (Å²) in [5.41, 5.74) is 0.543. The zero-order valence-corrected chi connectivity index (χ0v) is 38.8. The lowest BCUT2D eigenvalue weighted by Gasteiger charge is -2.42. The molecular formula is C48H82O19. The first-order valence-corrected chi connectivity index (χ1v) is 23.4. The highest BCUT2D eigenvalue weighted by molar-refractivity contribution is 5.12. The van der Waals surface area contributed by atoms with Crippen LogP contribution in [0.3, 0.4) is 0 Å². The van der Waals surface area contributed by atoms with Crippen LogP contribution in [0.5, 0.6) is 0 Å². The van der Waals surface area contributed by atoms with Crippen LogP contribution < -0.4 is 0 Å². The van der Waals surface area contributed by atoms with Gasteiger partial charge in [-0.2, -0.15) is 0 Å².